The third-order valence-corrected chi connectivity index (χ3v) is 5.01. The number of fused-ring (bicyclic) bond motifs is 2. The molecule has 1 aromatic heterocycles. The van der Waals surface area contributed by atoms with Gasteiger partial charge in [-0.2, -0.15) is 0 Å². The highest BCUT2D eigenvalue weighted by Gasteiger charge is 2.35. The molecule has 1 aliphatic carbocycles. The van der Waals surface area contributed by atoms with Crippen molar-refractivity contribution in [3.8, 4) is 0 Å². The summed E-state index contributed by atoms with van der Waals surface area (Å²) in [6.07, 6.45) is 6.28. The highest BCUT2D eigenvalue weighted by molar-refractivity contribution is 5.89. The van der Waals surface area contributed by atoms with E-state index in [-0.39, 0.29) is 0 Å². The lowest BCUT2D eigenvalue weighted by molar-refractivity contribution is 0.157. The Balaban J connectivity index is 1.97. The van der Waals surface area contributed by atoms with E-state index in [0.717, 1.165) is 12.0 Å². The minimum absolute atomic E-state index is 0.722. The first-order valence-corrected chi connectivity index (χ1v) is 7.03. The van der Waals surface area contributed by atoms with Crippen LogP contribution in [0.1, 0.15) is 29.9 Å². The third-order valence-electron chi connectivity index (χ3n) is 5.01. The maximum atomic E-state index is 2.57. The first kappa shape index (κ1) is 10.6. The molecule has 0 amide bonds. The van der Waals surface area contributed by atoms with Crippen LogP contribution in [-0.4, -0.2) is 29.1 Å². The molecule has 2 aliphatic rings. The van der Waals surface area contributed by atoms with Crippen molar-refractivity contribution in [2.75, 3.05) is 13.6 Å². The number of nitrogens with zero attached hydrogens (tertiary/aromatic N) is 2. The van der Waals surface area contributed by atoms with Gasteiger partial charge in [0, 0.05) is 36.1 Å². The van der Waals surface area contributed by atoms with Gasteiger partial charge in [-0.1, -0.05) is 12.1 Å². The molecule has 0 spiro atoms. The van der Waals surface area contributed by atoms with Crippen molar-refractivity contribution in [3.05, 3.63) is 35.5 Å². The van der Waals surface area contributed by atoms with E-state index in [1.165, 1.54) is 31.3 Å². The summed E-state index contributed by atoms with van der Waals surface area (Å²) in [6.45, 7) is 1.26. The van der Waals surface area contributed by atoms with Crippen molar-refractivity contribution in [3.63, 3.8) is 0 Å². The average molecular weight is 240 g/mol. The Kier molecular flexibility index (Phi) is 2.13. The molecule has 2 aromatic rings. The van der Waals surface area contributed by atoms with E-state index in [9.17, 15) is 0 Å². The molecule has 4 rings (SSSR count). The van der Waals surface area contributed by atoms with Gasteiger partial charge in [-0.25, -0.2) is 0 Å². The highest BCUT2D eigenvalue weighted by Crippen LogP contribution is 2.43. The molecule has 18 heavy (non-hydrogen) atoms. The van der Waals surface area contributed by atoms with E-state index in [2.05, 4.69) is 48.0 Å². The van der Waals surface area contributed by atoms with E-state index in [1.54, 1.807) is 16.5 Å². The van der Waals surface area contributed by atoms with Crippen LogP contribution in [0.3, 0.4) is 0 Å². The molecule has 2 heteroatoms. The summed E-state index contributed by atoms with van der Waals surface area (Å²) in [6, 6.07) is 7.58. The molecule has 1 fully saturated rings. The molecule has 0 unspecified atom stereocenters. The van der Waals surface area contributed by atoms with Crippen molar-refractivity contribution in [1.82, 2.24) is 9.47 Å². The third kappa shape index (κ3) is 1.27. The molecule has 2 heterocycles. The lowest BCUT2D eigenvalue weighted by atomic mass is 9.75. The standard InChI is InChI=1S/C16H20N2/c1-17-8-4-6-12-13-5-3-7-14-16(13)11(9-15(12)17)10-18(14)2/h3,5,7,10,12,15H,4,6,8-9H2,1-2H3/t12-,15-/m0/s1. The molecule has 1 saturated heterocycles. The Hall–Kier alpha value is -1.28. The predicted molar refractivity (Wildman–Crippen MR) is 75.0 cm³/mol. The Labute approximate surface area is 108 Å². The molecular weight excluding hydrogens is 220 g/mol. The molecule has 2 nitrogen and oxygen atoms in total. The molecule has 0 saturated carbocycles. The van der Waals surface area contributed by atoms with Gasteiger partial charge in [-0.3, -0.25) is 0 Å². The summed E-state index contributed by atoms with van der Waals surface area (Å²) in [5.74, 6) is 0.752. The zero-order valence-electron chi connectivity index (χ0n) is 11.2. The Bertz CT molecular complexity index is 611. The summed E-state index contributed by atoms with van der Waals surface area (Å²) in [5.41, 5.74) is 4.57. The van der Waals surface area contributed by atoms with Gasteiger partial charge in [0.2, 0.25) is 0 Å². The molecule has 0 N–H and O–H groups in total. The number of hydrogen-bond donors (Lipinski definition) is 0. The maximum Gasteiger partial charge on any atom is 0.0483 e. The number of piperidine rings is 1. The topological polar surface area (TPSA) is 8.17 Å². The zero-order chi connectivity index (χ0) is 12.3. The summed E-state index contributed by atoms with van der Waals surface area (Å²) in [7, 11) is 4.47. The number of aromatic nitrogens is 1. The molecule has 0 bridgehead atoms. The number of rotatable bonds is 0. The molecule has 0 radical (unpaired) electrons. The van der Waals surface area contributed by atoms with Crippen LogP contribution in [-0.2, 0) is 13.5 Å². The average Bonchev–Trinajstić information content (AvgIpc) is 2.70. The fourth-order valence-corrected chi connectivity index (χ4v) is 4.15. The van der Waals surface area contributed by atoms with Crippen molar-refractivity contribution >= 4 is 10.9 Å². The Morgan fingerprint density at radius 2 is 2.11 bits per heavy atom. The van der Waals surface area contributed by atoms with Crippen LogP contribution in [0.25, 0.3) is 10.9 Å². The molecular formula is C16H20N2. The predicted octanol–water partition coefficient (Wildman–Crippen LogP) is 2.91. The normalized spacial score (nSPS) is 27.4. The number of hydrogen-bond acceptors (Lipinski definition) is 1. The Morgan fingerprint density at radius 1 is 1.22 bits per heavy atom. The van der Waals surface area contributed by atoms with Crippen molar-refractivity contribution < 1.29 is 0 Å². The second kappa shape index (κ2) is 3.61. The van der Waals surface area contributed by atoms with Crippen LogP contribution in [0.15, 0.2) is 24.4 Å². The first-order chi connectivity index (χ1) is 8.75. The fourth-order valence-electron chi connectivity index (χ4n) is 4.15. The SMILES string of the molecule is CN1CCC[C@H]2c3cccc4c3c(cn4C)C[C@@H]21. The van der Waals surface area contributed by atoms with Crippen LogP contribution >= 0.6 is 0 Å². The second-order valence-electron chi connectivity index (χ2n) is 6.01. The van der Waals surface area contributed by atoms with Gasteiger partial charge in [0.25, 0.3) is 0 Å². The molecule has 94 valence electrons. The zero-order valence-corrected chi connectivity index (χ0v) is 11.2. The minimum atomic E-state index is 0.722. The fraction of sp³-hybridized carbons (Fsp3) is 0.500. The van der Waals surface area contributed by atoms with Gasteiger partial charge in [-0.15, -0.1) is 0 Å². The maximum absolute atomic E-state index is 2.57. The smallest absolute Gasteiger partial charge is 0.0483 e. The highest BCUT2D eigenvalue weighted by atomic mass is 15.1. The number of likely N-dealkylation sites (N-methyl/N-ethyl adjacent to an activating group) is 1. The quantitative estimate of drug-likeness (QED) is 0.687. The monoisotopic (exact) mass is 240 g/mol. The van der Waals surface area contributed by atoms with Gasteiger partial charge in [0.1, 0.15) is 0 Å². The van der Waals surface area contributed by atoms with Crippen LogP contribution in [0, 0.1) is 0 Å². The van der Waals surface area contributed by atoms with E-state index >= 15 is 0 Å². The van der Waals surface area contributed by atoms with Gasteiger partial charge < -0.3 is 9.47 Å². The van der Waals surface area contributed by atoms with Gasteiger partial charge in [-0.05, 0) is 50.0 Å². The molecule has 2 atom stereocenters. The summed E-state index contributed by atoms with van der Waals surface area (Å²) < 4.78 is 2.30. The van der Waals surface area contributed by atoms with Crippen molar-refractivity contribution in [2.45, 2.75) is 31.2 Å². The van der Waals surface area contributed by atoms with E-state index in [1.807, 2.05) is 0 Å². The van der Waals surface area contributed by atoms with Crippen LogP contribution in [0.5, 0.6) is 0 Å². The van der Waals surface area contributed by atoms with E-state index < -0.39 is 0 Å². The minimum Gasteiger partial charge on any atom is -0.350 e. The van der Waals surface area contributed by atoms with E-state index in [0.29, 0.717) is 0 Å². The van der Waals surface area contributed by atoms with Crippen molar-refractivity contribution in [2.24, 2.45) is 7.05 Å². The van der Waals surface area contributed by atoms with Crippen LogP contribution in [0.4, 0.5) is 0 Å². The molecule has 1 aliphatic heterocycles. The van der Waals surface area contributed by atoms with Crippen LogP contribution in [0.2, 0.25) is 0 Å². The van der Waals surface area contributed by atoms with Gasteiger partial charge in [0.05, 0.1) is 0 Å². The largest absolute Gasteiger partial charge is 0.350 e. The number of benzene rings is 1. The number of likely N-dealkylation sites (tertiary alicyclic amines) is 1. The van der Waals surface area contributed by atoms with Gasteiger partial charge in [0.15, 0.2) is 0 Å². The van der Waals surface area contributed by atoms with E-state index in [4.69, 9.17) is 0 Å². The second-order valence-corrected chi connectivity index (χ2v) is 6.01. The lowest BCUT2D eigenvalue weighted by Crippen LogP contribution is -2.44. The summed E-state index contributed by atoms with van der Waals surface area (Å²) in [4.78, 5) is 2.57. The van der Waals surface area contributed by atoms with Crippen molar-refractivity contribution in [1.29, 1.82) is 0 Å². The summed E-state index contributed by atoms with van der Waals surface area (Å²) >= 11 is 0. The lowest BCUT2D eigenvalue weighted by Gasteiger charge is -2.42. The first-order valence-electron chi connectivity index (χ1n) is 7.03. The number of aryl methyl sites for hydroxylation is 1. The summed E-state index contributed by atoms with van der Waals surface area (Å²) in [5, 5.41) is 1.55. The van der Waals surface area contributed by atoms with Gasteiger partial charge >= 0.3 is 0 Å². The molecule has 1 aromatic carbocycles. The van der Waals surface area contributed by atoms with Crippen LogP contribution < -0.4 is 0 Å². The Morgan fingerprint density at radius 3 is 3.00 bits per heavy atom.